The maximum absolute atomic E-state index is 12.3. The second-order valence-electron chi connectivity index (χ2n) is 4.78. The summed E-state index contributed by atoms with van der Waals surface area (Å²) in [5.41, 5.74) is 0.694. The highest BCUT2D eigenvalue weighted by Gasteiger charge is 2.34. The van der Waals surface area contributed by atoms with Gasteiger partial charge in [-0.3, -0.25) is 0 Å². The maximum atomic E-state index is 12.3. The molecule has 3 rings (SSSR count). The van der Waals surface area contributed by atoms with Gasteiger partial charge in [0.15, 0.2) is 0 Å². The van der Waals surface area contributed by atoms with Gasteiger partial charge in [0.25, 0.3) is 0 Å². The Morgan fingerprint density at radius 3 is 2.76 bits per heavy atom. The third kappa shape index (κ3) is 2.67. The van der Waals surface area contributed by atoms with E-state index in [1.807, 2.05) is 42.5 Å². The van der Waals surface area contributed by atoms with E-state index in [-0.39, 0.29) is 6.03 Å². The number of carbonyl (C=O) groups excluding carboxylic acids is 1. The van der Waals surface area contributed by atoms with Crippen LogP contribution < -0.4 is 5.32 Å². The lowest BCUT2D eigenvalue weighted by molar-refractivity contribution is -0.140. The molecule has 5 nitrogen and oxygen atoms in total. The fraction of sp³-hybridized carbons (Fsp3) is 0.200. The number of aliphatic carboxylic acids is 1. The van der Waals surface area contributed by atoms with Crippen molar-refractivity contribution >= 4 is 40.2 Å². The summed E-state index contributed by atoms with van der Waals surface area (Å²) in [5.74, 6) is -0.139. The lowest BCUT2D eigenvalue weighted by Crippen LogP contribution is -2.43. The molecule has 0 bridgehead atoms. The minimum Gasteiger partial charge on any atom is -0.480 e. The van der Waals surface area contributed by atoms with Crippen LogP contribution in [0.25, 0.3) is 10.8 Å². The lowest BCUT2D eigenvalue weighted by atomic mass is 10.1. The molecule has 0 aliphatic carbocycles. The zero-order valence-corrected chi connectivity index (χ0v) is 12.0. The number of rotatable bonds is 2. The van der Waals surface area contributed by atoms with Crippen molar-refractivity contribution in [3.8, 4) is 0 Å². The van der Waals surface area contributed by atoms with E-state index < -0.39 is 12.0 Å². The van der Waals surface area contributed by atoms with E-state index in [1.54, 1.807) is 0 Å². The van der Waals surface area contributed by atoms with Crippen molar-refractivity contribution in [3.63, 3.8) is 0 Å². The number of amides is 2. The Hall–Kier alpha value is -2.21. The van der Waals surface area contributed by atoms with Gasteiger partial charge >= 0.3 is 12.0 Å². The van der Waals surface area contributed by atoms with Crippen molar-refractivity contribution in [2.45, 2.75) is 6.04 Å². The fourth-order valence-corrected chi connectivity index (χ4v) is 3.51. The molecule has 0 saturated carbocycles. The zero-order chi connectivity index (χ0) is 14.8. The molecule has 1 fully saturated rings. The van der Waals surface area contributed by atoms with Crippen molar-refractivity contribution in [3.05, 3.63) is 42.5 Å². The molecule has 108 valence electrons. The molecular weight excluding hydrogens is 288 g/mol. The van der Waals surface area contributed by atoms with Gasteiger partial charge in [0.1, 0.15) is 6.04 Å². The summed E-state index contributed by atoms with van der Waals surface area (Å²) in [6.07, 6.45) is 0. The number of urea groups is 1. The van der Waals surface area contributed by atoms with Crippen molar-refractivity contribution in [1.29, 1.82) is 0 Å². The molecule has 0 aromatic heterocycles. The van der Waals surface area contributed by atoms with Gasteiger partial charge in [0, 0.05) is 11.1 Å². The zero-order valence-electron chi connectivity index (χ0n) is 11.2. The van der Waals surface area contributed by atoms with Gasteiger partial charge in [-0.2, -0.15) is 0 Å². The second kappa shape index (κ2) is 5.65. The van der Waals surface area contributed by atoms with Crippen LogP contribution in [0.1, 0.15) is 0 Å². The van der Waals surface area contributed by atoms with E-state index in [0.29, 0.717) is 17.3 Å². The summed E-state index contributed by atoms with van der Waals surface area (Å²) in [6, 6.07) is 12.3. The number of hydrogen-bond acceptors (Lipinski definition) is 3. The first kappa shape index (κ1) is 13.8. The SMILES string of the molecule is O=C(O)C1CSCN1C(=O)Nc1cccc2ccccc12. The number of carboxylic acids is 1. The highest BCUT2D eigenvalue weighted by Crippen LogP contribution is 2.26. The number of carbonyl (C=O) groups is 2. The highest BCUT2D eigenvalue weighted by molar-refractivity contribution is 7.99. The molecule has 2 aromatic carbocycles. The molecule has 1 aliphatic heterocycles. The number of anilines is 1. The van der Waals surface area contributed by atoms with Crippen LogP contribution in [0, 0.1) is 0 Å². The summed E-state index contributed by atoms with van der Waals surface area (Å²) < 4.78 is 0. The van der Waals surface area contributed by atoms with E-state index >= 15 is 0 Å². The van der Waals surface area contributed by atoms with E-state index in [4.69, 9.17) is 5.11 Å². The highest BCUT2D eigenvalue weighted by atomic mass is 32.2. The van der Waals surface area contributed by atoms with E-state index in [2.05, 4.69) is 5.32 Å². The quantitative estimate of drug-likeness (QED) is 0.895. The average molecular weight is 302 g/mol. The minimum absolute atomic E-state index is 0.372. The number of fused-ring (bicyclic) bond motifs is 1. The largest absolute Gasteiger partial charge is 0.480 e. The van der Waals surface area contributed by atoms with Gasteiger partial charge in [-0.25, -0.2) is 9.59 Å². The van der Waals surface area contributed by atoms with Crippen molar-refractivity contribution in [1.82, 2.24) is 4.90 Å². The van der Waals surface area contributed by atoms with Gasteiger partial charge in [0.05, 0.1) is 11.6 Å². The Labute approximate surface area is 125 Å². The monoisotopic (exact) mass is 302 g/mol. The van der Waals surface area contributed by atoms with Crippen molar-refractivity contribution in [2.75, 3.05) is 16.9 Å². The Morgan fingerprint density at radius 1 is 1.19 bits per heavy atom. The molecule has 6 heteroatoms. The van der Waals surface area contributed by atoms with Gasteiger partial charge in [0.2, 0.25) is 0 Å². The van der Waals surface area contributed by atoms with Gasteiger partial charge in [-0.15, -0.1) is 11.8 Å². The first-order chi connectivity index (χ1) is 10.2. The molecule has 21 heavy (non-hydrogen) atoms. The first-order valence-corrected chi connectivity index (χ1v) is 7.68. The smallest absolute Gasteiger partial charge is 0.327 e. The molecule has 1 saturated heterocycles. The van der Waals surface area contributed by atoms with Crippen LogP contribution in [-0.2, 0) is 4.79 Å². The number of nitrogens with one attached hydrogen (secondary N) is 1. The van der Waals surface area contributed by atoms with E-state index in [9.17, 15) is 9.59 Å². The lowest BCUT2D eigenvalue weighted by Gasteiger charge is -2.21. The van der Waals surface area contributed by atoms with Gasteiger partial charge in [-0.1, -0.05) is 36.4 Å². The van der Waals surface area contributed by atoms with Crippen LogP contribution >= 0.6 is 11.8 Å². The van der Waals surface area contributed by atoms with Gasteiger partial charge < -0.3 is 15.3 Å². The van der Waals surface area contributed by atoms with Gasteiger partial charge in [-0.05, 0) is 11.5 Å². The Morgan fingerprint density at radius 2 is 1.95 bits per heavy atom. The fourth-order valence-electron chi connectivity index (χ4n) is 2.37. The Balaban J connectivity index is 1.85. The number of hydrogen-bond donors (Lipinski definition) is 2. The van der Waals surface area contributed by atoms with Crippen LogP contribution in [0.15, 0.2) is 42.5 Å². The van der Waals surface area contributed by atoms with E-state index in [1.165, 1.54) is 16.7 Å². The van der Waals surface area contributed by atoms with Crippen molar-refractivity contribution in [2.24, 2.45) is 0 Å². The van der Waals surface area contributed by atoms with Crippen LogP contribution in [-0.4, -0.2) is 39.7 Å². The number of nitrogens with zero attached hydrogens (tertiary/aromatic N) is 1. The third-order valence-electron chi connectivity index (χ3n) is 3.46. The predicted molar refractivity (Wildman–Crippen MR) is 83.6 cm³/mol. The summed E-state index contributed by atoms with van der Waals surface area (Å²) in [7, 11) is 0. The molecule has 1 atom stereocenters. The van der Waals surface area contributed by atoms with E-state index in [0.717, 1.165) is 10.8 Å². The van der Waals surface area contributed by atoms with Crippen molar-refractivity contribution < 1.29 is 14.7 Å². The van der Waals surface area contributed by atoms with Crippen LogP contribution in [0.4, 0.5) is 10.5 Å². The molecule has 1 heterocycles. The second-order valence-corrected chi connectivity index (χ2v) is 5.78. The molecule has 1 unspecified atom stereocenters. The molecule has 2 aromatic rings. The van der Waals surface area contributed by atoms with Crippen LogP contribution in [0.3, 0.4) is 0 Å². The standard InChI is InChI=1S/C15H14N2O3S/c18-14(19)13-8-21-9-17(13)15(20)16-12-7-3-5-10-4-1-2-6-11(10)12/h1-7,13H,8-9H2,(H,16,20)(H,18,19). The molecule has 2 N–H and O–H groups in total. The van der Waals surface area contributed by atoms with Crippen LogP contribution in [0.2, 0.25) is 0 Å². The summed E-state index contributed by atoms with van der Waals surface area (Å²) in [5, 5.41) is 13.9. The molecule has 1 aliphatic rings. The summed E-state index contributed by atoms with van der Waals surface area (Å²) >= 11 is 1.45. The Kier molecular flexibility index (Phi) is 3.70. The average Bonchev–Trinajstić information content (AvgIpc) is 2.97. The summed E-state index contributed by atoms with van der Waals surface area (Å²) in [6.45, 7) is 0. The number of benzene rings is 2. The topological polar surface area (TPSA) is 69.6 Å². The third-order valence-corrected chi connectivity index (χ3v) is 4.47. The normalized spacial score (nSPS) is 17.9. The molecular formula is C15H14N2O3S. The number of thioether (sulfide) groups is 1. The minimum atomic E-state index is -0.965. The molecule has 2 amide bonds. The van der Waals surface area contributed by atoms with Crippen LogP contribution in [0.5, 0.6) is 0 Å². The number of carboxylic acid groups (broad SMARTS) is 1. The molecule has 0 spiro atoms. The Bertz CT molecular complexity index is 699. The first-order valence-electron chi connectivity index (χ1n) is 6.53. The maximum Gasteiger partial charge on any atom is 0.327 e. The predicted octanol–water partition coefficient (Wildman–Crippen LogP) is 2.83. The molecule has 0 radical (unpaired) electrons. The summed E-state index contributed by atoms with van der Waals surface area (Å²) in [4.78, 5) is 24.8.